The molecule has 0 aromatic carbocycles. The van der Waals surface area contributed by atoms with E-state index < -0.39 is 10.0 Å². The maximum absolute atomic E-state index is 10.7. The minimum atomic E-state index is -3.35. The molecule has 0 bridgehead atoms. The number of rotatable bonds is 4. The molecular formula is C7H15NO2S. The molecule has 0 saturated carbocycles. The van der Waals surface area contributed by atoms with Crippen molar-refractivity contribution in [2.45, 2.75) is 20.3 Å². The van der Waals surface area contributed by atoms with Gasteiger partial charge in [-0.05, 0) is 11.8 Å². The molecule has 0 atom stereocenters. The molecule has 0 spiro atoms. The Labute approximate surface area is 68.3 Å². The molecule has 66 valence electrons. The van der Waals surface area contributed by atoms with E-state index in [2.05, 4.69) is 6.58 Å². The van der Waals surface area contributed by atoms with Crippen molar-refractivity contribution in [2.24, 2.45) is 10.6 Å². The number of allylic oxidation sites excluding steroid dienone is 1. The van der Waals surface area contributed by atoms with Crippen LogP contribution in [0.5, 0.6) is 0 Å². The van der Waals surface area contributed by atoms with Crippen LogP contribution in [-0.4, -0.2) is 14.2 Å². The highest BCUT2D eigenvalue weighted by atomic mass is 32.2. The van der Waals surface area contributed by atoms with Gasteiger partial charge in [0.25, 0.3) is 0 Å². The summed E-state index contributed by atoms with van der Waals surface area (Å²) in [6.07, 6.45) is 2.36. The van der Waals surface area contributed by atoms with Crippen LogP contribution in [0.1, 0.15) is 20.3 Å². The third-order valence-corrected chi connectivity index (χ3v) is 2.47. The largest absolute Gasteiger partial charge is 0.229 e. The van der Waals surface area contributed by atoms with Crippen molar-refractivity contribution < 1.29 is 8.42 Å². The topological polar surface area (TPSA) is 60.2 Å². The van der Waals surface area contributed by atoms with Crippen LogP contribution >= 0.6 is 0 Å². The Morgan fingerprint density at radius 3 is 2.27 bits per heavy atom. The van der Waals surface area contributed by atoms with Gasteiger partial charge in [0.05, 0.1) is 5.75 Å². The van der Waals surface area contributed by atoms with Gasteiger partial charge in [-0.15, -0.1) is 6.58 Å². The lowest BCUT2D eigenvalue weighted by Crippen LogP contribution is -2.28. The standard InChI is InChI=1S/C7H15NO2S/c1-4-5-7(2,3)6-11(8,9)10/h4H,1,5-6H2,2-3H3,(H2,8,9,10). The van der Waals surface area contributed by atoms with Gasteiger partial charge >= 0.3 is 0 Å². The van der Waals surface area contributed by atoms with E-state index in [-0.39, 0.29) is 11.2 Å². The van der Waals surface area contributed by atoms with E-state index >= 15 is 0 Å². The summed E-state index contributed by atoms with van der Waals surface area (Å²) in [4.78, 5) is 0. The Bertz CT molecular complexity index is 229. The van der Waals surface area contributed by atoms with Crippen molar-refractivity contribution >= 4 is 10.0 Å². The molecule has 0 heterocycles. The molecule has 0 aliphatic rings. The first-order valence-electron chi connectivity index (χ1n) is 3.38. The fourth-order valence-corrected chi connectivity index (χ4v) is 2.20. The zero-order valence-corrected chi connectivity index (χ0v) is 7.82. The van der Waals surface area contributed by atoms with Crippen LogP contribution in [0.15, 0.2) is 12.7 Å². The number of hydrogen-bond acceptors (Lipinski definition) is 2. The van der Waals surface area contributed by atoms with Crippen molar-refractivity contribution in [3.63, 3.8) is 0 Å². The highest BCUT2D eigenvalue weighted by molar-refractivity contribution is 7.89. The van der Waals surface area contributed by atoms with Crippen LogP contribution in [0, 0.1) is 5.41 Å². The van der Waals surface area contributed by atoms with Gasteiger partial charge in [-0.3, -0.25) is 0 Å². The normalized spacial score (nSPS) is 13.0. The van der Waals surface area contributed by atoms with Crippen LogP contribution in [0.3, 0.4) is 0 Å². The summed E-state index contributed by atoms with van der Waals surface area (Å²) in [5, 5.41) is 4.89. The molecule has 4 heteroatoms. The van der Waals surface area contributed by atoms with E-state index in [1.165, 1.54) is 0 Å². The summed E-state index contributed by atoms with van der Waals surface area (Å²) in [6.45, 7) is 7.23. The Balaban J connectivity index is 4.24. The molecule has 0 rings (SSSR count). The maximum atomic E-state index is 10.7. The second kappa shape index (κ2) is 3.36. The van der Waals surface area contributed by atoms with Crippen LogP contribution in [0.4, 0.5) is 0 Å². The summed E-state index contributed by atoms with van der Waals surface area (Å²) in [5.74, 6) is 0.00597. The van der Waals surface area contributed by atoms with Gasteiger partial charge in [0.2, 0.25) is 10.0 Å². The third-order valence-electron chi connectivity index (χ3n) is 1.29. The van der Waals surface area contributed by atoms with Crippen molar-refractivity contribution in [3.8, 4) is 0 Å². The predicted molar refractivity (Wildman–Crippen MR) is 46.6 cm³/mol. The molecular weight excluding hydrogens is 162 g/mol. The first kappa shape index (κ1) is 10.7. The molecule has 11 heavy (non-hydrogen) atoms. The first-order valence-corrected chi connectivity index (χ1v) is 5.10. The molecule has 0 aliphatic heterocycles. The number of primary sulfonamides is 1. The lowest BCUT2D eigenvalue weighted by Gasteiger charge is -2.20. The molecule has 0 fully saturated rings. The summed E-state index contributed by atoms with van der Waals surface area (Å²) >= 11 is 0. The van der Waals surface area contributed by atoms with Gasteiger partial charge in [-0.2, -0.15) is 0 Å². The molecule has 0 radical (unpaired) electrons. The predicted octanol–water partition coefficient (Wildman–Crippen LogP) is 0.877. The Morgan fingerprint density at radius 2 is 2.00 bits per heavy atom. The average Bonchev–Trinajstić information content (AvgIpc) is 1.55. The fourth-order valence-electron chi connectivity index (χ4n) is 0.994. The number of sulfonamides is 1. The lowest BCUT2D eigenvalue weighted by atomic mass is 9.92. The minimum absolute atomic E-state index is 0.00597. The monoisotopic (exact) mass is 177 g/mol. The summed E-state index contributed by atoms with van der Waals surface area (Å²) in [7, 11) is -3.35. The molecule has 0 unspecified atom stereocenters. The third kappa shape index (κ3) is 6.06. The van der Waals surface area contributed by atoms with Crippen LogP contribution < -0.4 is 5.14 Å². The van der Waals surface area contributed by atoms with Gasteiger partial charge in [0.15, 0.2) is 0 Å². The summed E-state index contributed by atoms with van der Waals surface area (Å²) < 4.78 is 21.3. The minimum Gasteiger partial charge on any atom is -0.229 e. The van der Waals surface area contributed by atoms with E-state index in [1.807, 2.05) is 13.8 Å². The molecule has 0 aromatic heterocycles. The lowest BCUT2D eigenvalue weighted by molar-refractivity contribution is 0.418. The van der Waals surface area contributed by atoms with E-state index in [1.54, 1.807) is 6.08 Å². The van der Waals surface area contributed by atoms with Crippen LogP contribution in [0.25, 0.3) is 0 Å². The zero-order valence-electron chi connectivity index (χ0n) is 7.00. The number of nitrogens with two attached hydrogens (primary N) is 1. The second-order valence-electron chi connectivity index (χ2n) is 3.46. The van der Waals surface area contributed by atoms with Gasteiger partial charge in [0.1, 0.15) is 0 Å². The molecule has 2 N–H and O–H groups in total. The van der Waals surface area contributed by atoms with E-state index in [4.69, 9.17) is 5.14 Å². The summed E-state index contributed by atoms with van der Waals surface area (Å²) in [6, 6.07) is 0. The van der Waals surface area contributed by atoms with Gasteiger partial charge in [0, 0.05) is 0 Å². The quantitative estimate of drug-likeness (QED) is 0.648. The van der Waals surface area contributed by atoms with E-state index in [0.29, 0.717) is 6.42 Å². The van der Waals surface area contributed by atoms with E-state index in [9.17, 15) is 8.42 Å². The molecule has 0 aromatic rings. The molecule has 0 saturated heterocycles. The van der Waals surface area contributed by atoms with Crippen molar-refractivity contribution in [1.82, 2.24) is 0 Å². The van der Waals surface area contributed by atoms with Crippen LogP contribution in [-0.2, 0) is 10.0 Å². The number of hydrogen-bond donors (Lipinski definition) is 1. The van der Waals surface area contributed by atoms with Gasteiger partial charge in [-0.25, -0.2) is 13.6 Å². The molecule has 0 amide bonds. The van der Waals surface area contributed by atoms with Gasteiger partial charge in [-0.1, -0.05) is 19.9 Å². The highest BCUT2D eigenvalue weighted by Crippen LogP contribution is 2.21. The molecule has 0 aliphatic carbocycles. The van der Waals surface area contributed by atoms with Crippen molar-refractivity contribution in [1.29, 1.82) is 0 Å². The highest BCUT2D eigenvalue weighted by Gasteiger charge is 2.21. The first-order chi connectivity index (χ1) is 4.77. The summed E-state index contributed by atoms with van der Waals surface area (Å²) in [5.41, 5.74) is -0.296. The maximum Gasteiger partial charge on any atom is 0.209 e. The SMILES string of the molecule is C=CCC(C)(C)CS(N)(=O)=O. The van der Waals surface area contributed by atoms with Gasteiger partial charge < -0.3 is 0 Å². The Morgan fingerprint density at radius 1 is 1.55 bits per heavy atom. The molecule has 3 nitrogen and oxygen atoms in total. The van der Waals surface area contributed by atoms with Crippen molar-refractivity contribution in [2.75, 3.05) is 5.75 Å². The Hall–Kier alpha value is -0.350. The zero-order chi connectivity index (χ0) is 9.12. The fraction of sp³-hybridized carbons (Fsp3) is 0.714. The Kier molecular flexibility index (Phi) is 3.26. The average molecular weight is 177 g/mol. The van der Waals surface area contributed by atoms with Crippen LogP contribution in [0.2, 0.25) is 0 Å². The smallest absolute Gasteiger partial charge is 0.209 e. The second-order valence-corrected chi connectivity index (χ2v) is 5.08. The van der Waals surface area contributed by atoms with E-state index in [0.717, 1.165) is 0 Å². The van der Waals surface area contributed by atoms with Crippen molar-refractivity contribution in [3.05, 3.63) is 12.7 Å².